The molecule has 1 saturated carbocycles. The van der Waals surface area contributed by atoms with Gasteiger partial charge in [-0.3, -0.25) is 14.6 Å². The van der Waals surface area contributed by atoms with Gasteiger partial charge in [0.2, 0.25) is 5.89 Å². The first-order chi connectivity index (χ1) is 12.6. The lowest BCUT2D eigenvalue weighted by Gasteiger charge is -2.34. The maximum absolute atomic E-state index is 12.0. The first-order valence-corrected chi connectivity index (χ1v) is 9.60. The number of amides is 1. The highest BCUT2D eigenvalue weighted by atomic mass is 16.3. The SMILES string of the molecule is C=CCC[C@@H](O)CN1CCN(Cc2nc(C(=O)NCC3CC3)co2)CC1. The molecule has 0 aromatic carbocycles. The Morgan fingerprint density at radius 3 is 2.81 bits per heavy atom. The number of carbonyl (C=O) groups excluding carboxylic acids is 1. The second-order valence-corrected chi connectivity index (χ2v) is 7.38. The standard InChI is InChI=1S/C19H30N4O3/c1-2-3-4-16(24)12-22-7-9-23(10-8-22)13-18-21-17(14-26-18)19(25)20-11-15-5-6-15/h2,14-16,24H,1,3-13H2,(H,20,25)/t16-/m1/s1. The van der Waals surface area contributed by atoms with Crippen LogP contribution in [-0.2, 0) is 6.54 Å². The highest BCUT2D eigenvalue weighted by Gasteiger charge is 2.24. The number of aliphatic hydroxyl groups is 1. The van der Waals surface area contributed by atoms with Crippen LogP contribution in [0.3, 0.4) is 0 Å². The molecule has 0 radical (unpaired) electrons. The van der Waals surface area contributed by atoms with Gasteiger partial charge in [0.1, 0.15) is 6.26 Å². The minimum atomic E-state index is -0.289. The Kier molecular flexibility index (Phi) is 6.82. The topological polar surface area (TPSA) is 81.8 Å². The van der Waals surface area contributed by atoms with E-state index in [1.54, 1.807) is 0 Å². The highest BCUT2D eigenvalue weighted by molar-refractivity contribution is 5.91. The van der Waals surface area contributed by atoms with Gasteiger partial charge in [-0.15, -0.1) is 6.58 Å². The van der Waals surface area contributed by atoms with E-state index in [2.05, 4.69) is 26.7 Å². The molecule has 1 saturated heterocycles. The molecule has 1 amide bonds. The predicted molar refractivity (Wildman–Crippen MR) is 98.7 cm³/mol. The summed E-state index contributed by atoms with van der Waals surface area (Å²) in [5.74, 6) is 1.09. The monoisotopic (exact) mass is 362 g/mol. The van der Waals surface area contributed by atoms with Crippen molar-refractivity contribution in [2.24, 2.45) is 5.92 Å². The van der Waals surface area contributed by atoms with E-state index in [0.717, 1.165) is 45.6 Å². The van der Waals surface area contributed by atoms with Crippen LogP contribution in [0.5, 0.6) is 0 Å². The Balaban J connectivity index is 1.37. The molecule has 0 spiro atoms. The number of hydrogen-bond acceptors (Lipinski definition) is 6. The summed E-state index contributed by atoms with van der Waals surface area (Å²) >= 11 is 0. The average Bonchev–Trinajstić information content (AvgIpc) is 3.36. The molecule has 2 heterocycles. The first kappa shape index (κ1) is 19.1. The van der Waals surface area contributed by atoms with Crippen LogP contribution < -0.4 is 5.32 Å². The van der Waals surface area contributed by atoms with E-state index in [0.29, 0.717) is 30.6 Å². The number of piperazine rings is 1. The Labute approximate surface area is 155 Å². The maximum Gasteiger partial charge on any atom is 0.273 e. The molecule has 1 atom stereocenters. The van der Waals surface area contributed by atoms with Gasteiger partial charge in [-0.25, -0.2) is 4.98 Å². The summed E-state index contributed by atoms with van der Waals surface area (Å²) in [7, 11) is 0. The lowest BCUT2D eigenvalue weighted by atomic mass is 10.1. The van der Waals surface area contributed by atoms with Crippen molar-refractivity contribution in [2.45, 2.75) is 38.3 Å². The smallest absolute Gasteiger partial charge is 0.273 e. The summed E-state index contributed by atoms with van der Waals surface area (Å²) in [5.41, 5.74) is 0.365. The van der Waals surface area contributed by atoms with Gasteiger partial charge in [0.05, 0.1) is 12.6 Å². The Hall–Kier alpha value is -1.70. The van der Waals surface area contributed by atoms with E-state index in [1.165, 1.54) is 19.1 Å². The molecule has 144 valence electrons. The van der Waals surface area contributed by atoms with Crippen LogP contribution in [0.4, 0.5) is 0 Å². The number of allylic oxidation sites excluding steroid dienone is 1. The lowest BCUT2D eigenvalue weighted by molar-refractivity contribution is 0.0642. The Morgan fingerprint density at radius 1 is 1.38 bits per heavy atom. The third-order valence-electron chi connectivity index (χ3n) is 5.03. The van der Waals surface area contributed by atoms with E-state index >= 15 is 0 Å². The summed E-state index contributed by atoms with van der Waals surface area (Å²) in [4.78, 5) is 20.9. The van der Waals surface area contributed by atoms with Gasteiger partial charge in [-0.1, -0.05) is 6.08 Å². The van der Waals surface area contributed by atoms with E-state index in [4.69, 9.17) is 4.42 Å². The summed E-state index contributed by atoms with van der Waals surface area (Å²) in [5, 5.41) is 12.9. The van der Waals surface area contributed by atoms with Gasteiger partial charge in [-0.2, -0.15) is 0 Å². The van der Waals surface area contributed by atoms with E-state index in [1.807, 2.05) is 6.08 Å². The number of nitrogens with one attached hydrogen (secondary N) is 1. The molecular formula is C19H30N4O3. The van der Waals surface area contributed by atoms with Crippen LogP contribution in [0, 0.1) is 5.92 Å². The molecule has 7 nitrogen and oxygen atoms in total. The fourth-order valence-corrected chi connectivity index (χ4v) is 3.16. The van der Waals surface area contributed by atoms with Crippen LogP contribution in [0.25, 0.3) is 0 Å². The number of aromatic nitrogens is 1. The Morgan fingerprint density at radius 2 is 2.12 bits per heavy atom. The quantitative estimate of drug-likeness (QED) is 0.610. The fourth-order valence-electron chi connectivity index (χ4n) is 3.16. The summed E-state index contributed by atoms with van der Waals surface area (Å²) in [6, 6.07) is 0. The lowest BCUT2D eigenvalue weighted by Crippen LogP contribution is -2.48. The second-order valence-electron chi connectivity index (χ2n) is 7.38. The maximum atomic E-state index is 12.0. The number of β-amino-alcohol motifs (C(OH)–C–C–N with tert-alkyl or cyclic N) is 1. The van der Waals surface area contributed by atoms with Gasteiger partial charge in [0, 0.05) is 39.3 Å². The van der Waals surface area contributed by atoms with Crippen LogP contribution in [0.15, 0.2) is 23.3 Å². The van der Waals surface area contributed by atoms with Gasteiger partial charge < -0.3 is 14.8 Å². The molecule has 26 heavy (non-hydrogen) atoms. The molecule has 3 rings (SSSR count). The zero-order valence-electron chi connectivity index (χ0n) is 15.4. The number of rotatable bonds is 10. The van der Waals surface area contributed by atoms with Crippen molar-refractivity contribution in [3.05, 3.63) is 30.5 Å². The van der Waals surface area contributed by atoms with Crippen LogP contribution in [-0.4, -0.2) is 71.2 Å². The molecule has 2 N–H and O–H groups in total. The number of oxazole rings is 1. The molecular weight excluding hydrogens is 332 g/mol. The third kappa shape index (κ3) is 5.93. The second kappa shape index (κ2) is 9.30. The molecule has 2 fully saturated rings. The van der Waals surface area contributed by atoms with Crippen molar-refractivity contribution in [3.8, 4) is 0 Å². The molecule has 0 bridgehead atoms. The van der Waals surface area contributed by atoms with Crippen LogP contribution in [0.2, 0.25) is 0 Å². The zero-order valence-corrected chi connectivity index (χ0v) is 15.4. The highest BCUT2D eigenvalue weighted by Crippen LogP contribution is 2.27. The van der Waals surface area contributed by atoms with Crippen molar-refractivity contribution < 1.29 is 14.3 Å². The fraction of sp³-hybridized carbons (Fsp3) is 0.684. The van der Waals surface area contributed by atoms with Crippen molar-refractivity contribution in [3.63, 3.8) is 0 Å². The third-order valence-corrected chi connectivity index (χ3v) is 5.03. The molecule has 1 aromatic rings. The van der Waals surface area contributed by atoms with Crippen LogP contribution in [0.1, 0.15) is 42.1 Å². The minimum absolute atomic E-state index is 0.148. The zero-order chi connectivity index (χ0) is 18.4. The van der Waals surface area contributed by atoms with Crippen molar-refractivity contribution >= 4 is 5.91 Å². The van der Waals surface area contributed by atoms with Crippen molar-refractivity contribution in [1.82, 2.24) is 20.1 Å². The largest absolute Gasteiger partial charge is 0.447 e. The molecule has 1 aromatic heterocycles. The van der Waals surface area contributed by atoms with Gasteiger partial charge in [-0.05, 0) is 31.6 Å². The first-order valence-electron chi connectivity index (χ1n) is 9.60. The minimum Gasteiger partial charge on any atom is -0.447 e. The predicted octanol–water partition coefficient (Wildman–Crippen LogP) is 1.26. The number of nitrogens with zero attached hydrogens (tertiary/aromatic N) is 3. The molecule has 7 heteroatoms. The molecule has 2 aliphatic rings. The average molecular weight is 362 g/mol. The van der Waals surface area contributed by atoms with Crippen LogP contribution >= 0.6 is 0 Å². The number of carbonyl (C=O) groups is 1. The van der Waals surface area contributed by atoms with E-state index < -0.39 is 0 Å². The molecule has 0 unspecified atom stereocenters. The summed E-state index contributed by atoms with van der Waals surface area (Å²) in [6.07, 6.45) is 7.04. The Bertz CT molecular complexity index is 591. The van der Waals surface area contributed by atoms with E-state index in [-0.39, 0.29) is 12.0 Å². The number of hydrogen-bond donors (Lipinski definition) is 2. The van der Waals surface area contributed by atoms with Gasteiger partial charge in [0.15, 0.2) is 5.69 Å². The van der Waals surface area contributed by atoms with Gasteiger partial charge >= 0.3 is 0 Å². The summed E-state index contributed by atoms with van der Waals surface area (Å²) < 4.78 is 5.47. The van der Waals surface area contributed by atoms with Crippen molar-refractivity contribution in [2.75, 3.05) is 39.3 Å². The van der Waals surface area contributed by atoms with Gasteiger partial charge in [0.25, 0.3) is 5.91 Å². The van der Waals surface area contributed by atoms with Crippen molar-refractivity contribution in [1.29, 1.82) is 0 Å². The molecule has 1 aliphatic heterocycles. The molecule has 1 aliphatic carbocycles. The number of aliphatic hydroxyl groups excluding tert-OH is 1. The normalized spacial score (nSPS) is 20.0. The van der Waals surface area contributed by atoms with E-state index in [9.17, 15) is 9.90 Å². The summed E-state index contributed by atoms with van der Waals surface area (Å²) in [6.45, 7) is 9.40.